The lowest BCUT2D eigenvalue weighted by Gasteiger charge is -2.00. The average Bonchev–Trinajstić information content (AvgIpc) is 2.27. The van der Waals surface area contributed by atoms with Crippen LogP contribution in [0.25, 0.3) is 10.9 Å². The van der Waals surface area contributed by atoms with Crippen molar-refractivity contribution in [1.29, 1.82) is 0 Å². The Balaban J connectivity index is 2.71. The van der Waals surface area contributed by atoms with Gasteiger partial charge in [-0.2, -0.15) is 10.2 Å². The van der Waals surface area contributed by atoms with Gasteiger partial charge in [-0.3, -0.25) is 4.79 Å². The van der Waals surface area contributed by atoms with Gasteiger partial charge in [-0.05, 0) is 6.07 Å². The molecule has 2 aromatic rings. The number of halogens is 1. The van der Waals surface area contributed by atoms with Crippen LogP contribution in [0.3, 0.4) is 0 Å². The van der Waals surface area contributed by atoms with Crippen LogP contribution >= 0.6 is 11.6 Å². The van der Waals surface area contributed by atoms with Crippen LogP contribution in [0.4, 0.5) is 0 Å². The number of hydrogen-bond donors (Lipinski definition) is 0. The fraction of sp³-hybridized carbons (Fsp3) is 0.100. The number of nitrogens with zero attached hydrogens (tertiary/aromatic N) is 2. The molecule has 0 saturated heterocycles. The second-order valence-corrected chi connectivity index (χ2v) is 3.10. The van der Waals surface area contributed by atoms with Crippen molar-refractivity contribution in [1.82, 2.24) is 10.2 Å². The monoisotopic (exact) mass is 206 g/mol. The number of carbonyl (C=O) groups is 1. The van der Waals surface area contributed by atoms with Crippen LogP contribution in [0.2, 0.25) is 0 Å². The number of ketones is 1. The molecular formula is C10H7ClN2O. The highest BCUT2D eigenvalue weighted by molar-refractivity contribution is 6.31. The highest BCUT2D eigenvalue weighted by atomic mass is 35.5. The number of alkyl halides is 1. The van der Waals surface area contributed by atoms with Crippen molar-refractivity contribution < 1.29 is 4.79 Å². The number of fused-ring (bicyclic) bond motifs is 1. The highest BCUT2D eigenvalue weighted by Gasteiger charge is 2.09. The average molecular weight is 207 g/mol. The van der Waals surface area contributed by atoms with Crippen molar-refractivity contribution >= 4 is 28.3 Å². The summed E-state index contributed by atoms with van der Waals surface area (Å²) in [4.78, 5) is 11.4. The van der Waals surface area contributed by atoms with E-state index in [1.165, 1.54) is 6.20 Å². The SMILES string of the molecule is O=C(CCl)c1cnnc2ccccc12. The van der Waals surface area contributed by atoms with E-state index in [4.69, 9.17) is 11.6 Å². The summed E-state index contributed by atoms with van der Waals surface area (Å²) in [5, 5.41) is 8.46. The summed E-state index contributed by atoms with van der Waals surface area (Å²) in [6.07, 6.45) is 1.45. The second-order valence-electron chi connectivity index (χ2n) is 2.83. The van der Waals surface area contributed by atoms with Gasteiger partial charge in [-0.15, -0.1) is 11.6 Å². The normalized spacial score (nSPS) is 10.4. The van der Waals surface area contributed by atoms with Gasteiger partial charge < -0.3 is 0 Å². The smallest absolute Gasteiger partial charge is 0.179 e. The first-order valence-electron chi connectivity index (χ1n) is 4.12. The van der Waals surface area contributed by atoms with E-state index in [1.807, 2.05) is 24.3 Å². The number of hydrogen-bond acceptors (Lipinski definition) is 3. The van der Waals surface area contributed by atoms with Crippen LogP contribution < -0.4 is 0 Å². The van der Waals surface area contributed by atoms with Gasteiger partial charge in [0.25, 0.3) is 0 Å². The van der Waals surface area contributed by atoms with Crippen molar-refractivity contribution in [3.05, 3.63) is 36.0 Å². The second kappa shape index (κ2) is 3.72. The van der Waals surface area contributed by atoms with E-state index in [2.05, 4.69) is 10.2 Å². The molecule has 1 heterocycles. The third-order valence-electron chi connectivity index (χ3n) is 1.97. The molecule has 0 amide bonds. The van der Waals surface area contributed by atoms with Gasteiger partial charge in [0.05, 0.1) is 17.6 Å². The molecule has 1 aromatic carbocycles. The van der Waals surface area contributed by atoms with Gasteiger partial charge in [0.2, 0.25) is 0 Å². The molecule has 0 bridgehead atoms. The molecule has 1 aromatic heterocycles. The van der Waals surface area contributed by atoms with Gasteiger partial charge in [-0.25, -0.2) is 0 Å². The molecule has 0 unspecified atom stereocenters. The molecule has 0 N–H and O–H groups in total. The first-order chi connectivity index (χ1) is 6.83. The van der Waals surface area contributed by atoms with Gasteiger partial charge >= 0.3 is 0 Å². The van der Waals surface area contributed by atoms with E-state index in [1.54, 1.807) is 0 Å². The number of aromatic nitrogens is 2. The Bertz CT molecular complexity index is 479. The van der Waals surface area contributed by atoms with Gasteiger partial charge in [0, 0.05) is 10.9 Å². The molecule has 0 aliphatic heterocycles. The minimum atomic E-state index is -0.127. The molecule has 0 fully saturated rings. The van der Waals surface area contributed by atoms with Crippen molar-refractivity contribution in [2.75, 3.05) is 5.88 Å². The van der Waals surface area contributed by atoms with Crippen LogP contribution in [0.15, 0.2) is 30.5 Å². The third kappa shape index (κ3) is 1.46. The lowest BCUT2D eigenvalue weighted by atomic mass is 10.1. The molecule has 0 spiro atoms. The fourth-order valence-corrected chi connectivity index (χ4v) is 1.45. The predicted molar refractivity (Wildman–Crippen MR) is 54.6 cm³/mol. The Morgan fingerprint density at radius 2 is 2.14 bits per heavy atom. The Kier molecular flexibility index (Phi) is 2.41. The molecule has 0 saturated carbocycles. The molecule has 2 rings (SSSR count). The quantitative estimate of drug-likeness (QED) is 0.558. The number of Topliss-reactive ketones (excluding diaryl/α,β-unsaturated/α-hetero) is 1. The molecule has 0 aliphatic rings. The Morgan fingerprint density at radius 3 is 2.93 bits per heavy atom. The van der Waals surface area contributed by atoms with Crippen LogP contribution in [0.5, 0.6) is 0 Å². The summed E-state index contributed by atoms with van der Waals surface area (Å²) >= 11 is 5.49. The minimum Gasteiger partial charge on any atom is -0.293 e. The summed E-state index contributed by atoms with van der Waals surface area (Å²) in [5.74, 6) is -0.159. The van der Waals surface area contributed by atoms with E-state index in [9.17, 15) is 4.79 Å². The van der Waals surface area contributed by atoms with E-state index < -0.39 is 0 Å². The van der Waals surface area contributed by atoms with Crippen LogP contribution in [0.1, 0.15) is 10.4 Å². The van der Waals surface area contributed by atoms with E-state index in [-0.39, 0.29) is 11.7 Å². The van der Waals surface area contributed by atoms with Crippen LogP contribution in [-0.2, 0) is 0 Å². The molecule has 3 nitrogen and oxygen atoms in total. The van der Waals surface area contributed by atoms with Crippen molar-refractivity contribution in [3.8, 4) is 0 Å². The van der Waals surface area contributed by atoms with E-state index >= 15 is 0 Å². The molecule has 14 heavy (non-hydrogen) atoms. The Morgan fingerprint density at radius 1 is 1.36 bits per heavy atom. The largest absolute Gasteiger partial charge is 0.293 e. The standard InChI is InChI=1S/C10H7ClN2O/c11-5-10(14)8-6-12-13-9-4-2-1-3-7(8)9/h1-4,6H,5H2. The maximum atomic E-state index is 11.4. The third-order valence-corrected chi connectivity index (χ3v) is 2.21. The van der Waals surface area contributed by atoms with Crippen molar-refractivity contribution in [3.63, 3.8) is 0 Å². The highest BCUT2D eigenvalue weighted by Crippen LogP contribution is 2.15. The number of rotatable bonds is 2. The lowest BCUT2D eigenvalue weighted by Crippen LogP contribution is -2.02. The van der Waals surface area contributed by atoms with E-state index in [0.29, 0.717) is 11.1 Å². The zero-order chi connectivity index (χ0) is 9.97. The first-order valence-corrected chi connectivity index (χ1v) is 4.66. The van der Waals surface area contributed by atoms with Gasteiger partial charge in [-0.1, -0.05) is 18.2 Å². The molecule has 0 aliphatic carbocycles. The summed E-state index contributed by atoms with van der Waals surface area (Å²) < 4.78 is 0. The molecule has 70 valence electrons. The summed E-state index contributed by atoms with van der Waals surface area (Å²) in [7, 11) is 0. The van der Waals surface area contributed by atoms with Crippen molar-refractivity contribution in [2.24, 2.45) is 0 Å². The van der Waals surface area contributed by atoms with Crippen molar-refractivity contribution in [2.45, 2.75) is 0 Å². The van der Waals surface area contributed by atoms with Crippen LogP contribution in [-0.4, -0.2) is 21.9 Å². The van der Waals surface area contributed by atoms with Gasteiger partial charge in [0.1, 0.15) is 0 Å². The summed E-state index contributed by atoms with van der Waals surface area (Å²) in [6, 6.07) is 7.36. The molecular weight excluding hydrogens is 200 g/mol. The molecule has 0 radical (unpaired) electrons. The van der Waals surface area contributed by atoms with Gasteiger partial charge in [0.15, 0.2) is 5.78 Å². The maximum absolute atomic E-state index is 11.4. The minimum absolute atomic E-state index is 0.0321. The zero-order valence-corrected chi connectivity index (χ0v) is 8.03. The van der Waals surface area contributed by atoms with Crippen LogP contribution in [0, 0.1) is 0 Å². The Labute approximate surface area is 85.7 Å². The topological polar surface area (TPSA) is 42.9 Å². The maximum Gasteiger partial charge on any atom is 0.179 e. The zero-order valence-electron chi connectivity index (χ0n) is 7.27. The Hall–Kier alpha value is -1.48. The molecule has 4 heteroatoms. The van der Waals surface area contributed by atoms with E-state index in [0.717, 1.165) is 5.39 Å². The predicted octanol–water partition coefficient (Wildman–Crippen LogP) is 2.05. The lowest BCUT2D eigenvalue weighted by molar-refractivity contribution is 0.102. The number of carbonyl (C=O) groups excluding carboxylic acids is 1. The summed E-state index contributed by atoms with van der Waals surface area (Å²) in [5.41, 5.74) is 1.24. The first kappa shape index (κ1) is 9.09. The summed E-state index contributed by atoms with van der Waals surface area (Å²) in [6.45, 7) is 0. The fourth-order valence-electron chi connectivity index (χ4n) is 1.30. The molecule has 0 atom stereocenters. The number of benzene rings is 1.